The van der Waals surface area contributed by atoms with Gasteiger partial charge in [0.05, 0.1) is 0 Å². The van der Waals surface area contributed by atoms with Crippen molar-refractivity contribution in [3.05, 3.63) is 41.0 Å². The van der Waals surface area contributed by atoms with E-state index in [4.69, 9.17) is 11.6 Å². The molecule has 2 rings (SSSR count). The highest BCUT2D eigenvalue weighted by molar-refractivity contribution is 6.30. The Balaban J connectivity index is 2.21. The zero-order chi connectivity index (χ0) is 13.8. The Kier molecular flexibility index (Phi) is 4.22. The van der Waals surface area contributed by atoms with E-state index in [-0.39, 0.29) is 0 Å². The number of hydrogen-bond donors (Lipinski definition) is 2. The van der Waals surface area contributed by atoms with Gasteiger partial charge in [0.15, 0.2) is 0 Å². The van der Waals surface area contributed by atoms with Crippen molar-refractivity contribution in [2.75, 3.05) is 10.6 Å². The van der Waals surface area contributed by atoms with Crippen LogP contribution in [0.2, 0.25) is 5.02 Å². The molecule has 1 aromatic heterocycles. The van der Waals surface area contributed by atoms with Gasteiger partial charge in [-0.2, -0.15) is 4.98 Å². The molecule has 0 unspecified atom stereocenters. The molecule has 2 N–H and O–H groups in total. The number of rotatable bonds is 4. The topological polar surface area (TPSA) is 49.8 Å². The lowest BCUT2D eigenvalue weighted by atomic mass is 10.3. The van der Waals surface area contributed by atoms with E-state index in [0.717, 1.165) is 17.1 Å². The van der Waals surface area contributed by atoms with Crippen LogP contribution in [0.3, 0.4) is 0 Å². The third-order valence-corrected chi connectivity index (χ3v) is 2.75. The summed E-state index contributed by atoms with van der Waals surface area (Å²) < 4.78 is 0. The molecule has 2 aromatic rings. The van der Waals surface area contributed by atoms with Gasteiger partial charge in [-0.15, -0.1) is 0 Å². The predicted molar refractivity (Wildman–Crippen MR) is 80.3 cm³/mol. The zero-order valence-electron chi connectivity index (χ0n) is 11.2. The van der Waals surface area contributed by atoms with Crippen LogP contribution in [0.5, 0.6) is 0 Å². The van der Waals surface area contributed by atoms with Gasteiger partial charge in [0.2, 0.25) is 5.95 Å². The lowest BCUT2D eigenvalue weighted by Gasteiger charge is -2.12. The maximum atomic E-state index is 5.87. The number of aryl methyl sites for hydroxylation is 1. The van der Waals surface area contributed by atoms with Gasteiger partial charge >= 0.3 is 0 Å². The van der Waals surface area contributed by atoms with Crippen LogP contribution < -0.4 is 10.6 Å². The van der Waals surface area contributed by atoms with Gasteiger partial charge in [-0.1, -0.05) is 11.6 Å². The Morgan fingerprint density at radius 2 is 1.84 bits per heavy atom. The first kappa shape index (κ1) is 13.6. The molecule has 0 radical (unpaired) electrons. The second kappa shape index (κ2) is 5.89. The van der Waals surface area contributed by atoms with E-state index < -0.39 is 0 Å². The van der Waals surface area contributed by atoms with Crippen molar-refractivity contribution in [3.63, 3.8) is 0 Å². The van der Waals surface area contributed by atoms with E-state index in [1.54, 1.807) is 6.20 Å². The number of hydrogen-bond acceptors (Lipinski definition) is 4. The first-order valence-electron chi connectivity index (χ1n) is 6.17. The van der Waals surface area contributed by atoms with Crippen LogP contribution in [0.25, 0.3) is 0 Å². The number of nitrogens with one attached hydrogen (secondary N) is 2. The lowest BCUT2D eigenvalue weighted by Crippen LogP contribution is -2.13. The molecule has 0 amide bonds. The summed E-state index contributed by atoms with van der Waals surface area (Å²) in [7, 11) is 0. The van der Waals surface area contributed by atoms with E-state index in [1.807, 2.05) is 31.2 Å². The minimum absolute atomic E-state index is 0.297. The maximum absolute atomic E-state index is 5.87. The molecule has 0 bridgehead atoms. The van der Waals surface area contributed by atoms with Crippen LogP contribution in [-0.2, 0) is 0 Å². The maximum Gasteiger partial charge on any atom is 0.224 e. The van der Waals surface area contributed by atoms with E-state index in [0.29, 0.717) is 17.0 Å². The first-order chi connectivity index (χ1) is 9.04. The van der Waals surface area contributed by atoms with Crippen LogP contribution in [0.1, 0.15) is 19.4 Å². The smallest absolute Gasteiger partial charge is 0.224 e. The summed E-state index contributed by atoms with van der Waals surface area (Å²) in [6.07, 6.45) is 1.80. The molecule has 4 nitrogen and oxygen atoms in total. The van der Waals surface area contributed by atoms with E-state index in [2.05, 4.69) is 34.4 Å². The minimum atomic E-state index is 0.297. The van der Waals surface area contributed by atoms with Gasteiger partial charge in [-0.3, -0.25) is 0 Å². The first-order valence-corrected chi connectivity index (χ1v) is 6.55. The quantitative estimate of drug-likeness (QED) is 0.886. The van der Waals surface area contributed by atoms with Gasteiger partial charge in [-0.25, -0.2) is 4.98 Å². The fraction of sp³-hybridized carbons (Fsp3) is 0.286. The standard InChI is InChI=1S/C14H17ClN4/c1-9(2)17-14-16-8-10(3)13(19-14)18-12-6-4-11(15)5-7-12/h4-9H,1-3H3,(H2,16,17,18,19). The second-order valence-corrected chi connectivity index (χ2v) is 5.09. The third-order valence-electron chi connectivity index (χ3n) is 2.50. The highest BCUT2D eigenvalue weighted by atomic mass is 35.5. The Bertz CT molecular complexity index is 552. The molecule has 1 heterocycles. The monoisotopic (exact) mass is 276 g/mol. The molecular weight excluding hydrogens is 260 g/mol. The van der Waals surface area contributed by atoms with Crippen molar-refractivity contribution in [1.82, 2.24) is 9.97 Å². The van der Waals surface area contributed by atoms with Crippen LogP contribution in [-0.4, -0.2) is 16.0 Å². The minimum Gasteiger partial charge on any atom is -0.352 e. The highest BCUT2D eigenvalue weighted by Crippen LogP contribution is 2.20. The van der Waals surface area contributed by atoms with E-state index in [1.165, 1.54) is 0 Å². The van der Waals surface area contributed by atoms with Crippen LogP contribution >= 0.6 is 11.6 Å². The molecule has 0 fully saturated rings. The van der Waals surface area contributed by atoms with Crippen molar-refractivity contribution in [3.8, 4) is 0 Å². The average molecular weight is 277 g/mol. The molecule has 0 aliphatic heterocycles. The Hall–Kier alpha value is -1.81. The van der Waals surface area contributed by atoms with Crippen LogP contribution in [0.4, 0.5) is 17.5 Å². The van der Waals surface area contributed by atoms with Crippen molar-refractivity contribution < 1.29 is 0 Å². The lowest BCUT2D eigenvalue weighted by molar-refractivity contribution is 0.873. The summed E-state index contributed by atoms with van der Waals surface area (Å²) in [5.41, 5.74) is 1.94. The van der Waals surface area contributed by atoms with E-state index >= 15 is 0 Å². The SMILES string of the molecule is Cc1cnc(NC(C)C)nc1Nc1ccc(Cl)cc1. The summed E-state index contributed by atoms with van der Waals surface area (Å²) in [5.74, 6) is 1.41. The fourth-order valence-electron chi connectivity index (χ4n) is 1.57. The summed E-state index contributed by atoms with van der Waals surface area (Å²) in [5, 5.41) is 7.16. The van der Waals surface area contributed by atoms with Gasteiger partial charge < -0.3 is 10.6 Å². The zero-order valence-corrected chi connectivity index (χ0v) is 12.0. The predicted octanol–water partition coefficient (Wildman–Crippen LogP) is 4.00. The van der Waals surface area contributed by atoms with Gasteiger partial charge in [0.1, 0.15) is 5.82 Å². The normalized spacial score (nSPS) is 10.6. The number of halogens is 1. The molecule has 0 spiro atoms. The van der Waals surface area contributed by atoms with Crippen molar-refractivity contribution >= 4 is 29.1 Å². The molecule has 5 heteroatoms. The van der Waals surface area contributed by atoms with Gasteiger partial charge in [0.25, 0.3) is 0 Å². The van der Waals surface area contributed by atoms with Crippen LogP contribution in [0, 0.1) is 6.92 Å². The molecule has 0 saturated heterocycles. The number of anilines is 3. The molecule has 0 saturated carbocycles. The summed E-state index contributed by atoms with van der Waals surface area (Å²) in [6.45, 7) is 6.07. The summed E-state index contributed by atoms with van der Waals surface area (Å²) in [6, 6.07) is 7.81. The Morgan fingerprint density at radius 1 is 1.16 bits per heavy atom. The highest BCUT2D eigenvalue weighted by Gasteiger charge is 2.05. The van der Waals surface area contributed by atoms with Crippen LogP contribution in [0.15, 0.2) is 30.5 Å². The summed E-state index contributed by atoms with van der Waals surface area (Å²) in [4.78, 5) is 8.72. The molecule has 0 atom stereocenters. The summed E-state index contributed by atoms with van der Waals surface area (Å²) >= 11 is 5.87. The fourth-order valence-corrected chi connectivity index (χ4v) is 1.69. The molecule has 100 valence electrons. The molecule has 0 aliphatic carbocycles. The van der Waals surface area contributed by atoms with Crippen molar-refractivity contribution in [1.29, 1.82) is 0 Å². The number of nitrogens with zero attached hydrogens (tertiary/aromatic N) is 2. The van der Waals surface area contributed by atoms with Gasteiger partial charge in [-0.05, 0) is 45.0 Å². The third kappa shape index (κ3) is 3.83. The Morgan fingerprint density at radius 3 is 2.47 bits per heavy atom. The molecular formula is C14H17ClN4. The van der Waals surface area contributed by atoms with E-state index in [9.17, 15) is 0 Å². The van der Waals surface area contributed by atoms with Gasteiger partial charge in [0, 0.05) is 28.5 Å². The Labute approximate surface area is 118 Å². The van der Waals surface area contributed by atoms with Crippen molar-refractivity contribution in [2.45, 2.75) is 26.8 Å². The molecule has 0 aliphatic rings. The largest absolute Gasteiger partial charge is 0.352 e. The molecule has 19 heavy (non-hydrogen) atoms. The second-order valence-electron chi connectivity index (χ2n) is 4.66. The van der Waals surface area contributed by atoms with Crippen molar-refractivity contribution in [2.24, 2.45) is 0 Å². The average Bonchev–Trinajstić information content (AvgIpc) is 2.35. The number of aromatic nitrogens is 2. The number of benzene rings is 1. The molecule has 1 aromatic carbocycles.